The highest BCUT2D eigenvalue weighted by atomic mass is 19.1. The van der Waals surface area contributed by atoms with Crippen LogP contribution in [0.5, 0.6) is 0 Å². The number of aryl methyl sites for hydroxylation is 3. The van der Waals surface area contributed by atoms with Crippen molar-refractivity contribution in [3.63, 3.8) is 0 Å². The van der Waals surface area contributed by atoms with Gasteiger partial charge in [0.2, 0.25) is 0 Å². The van der Waals surface area contributed by atoms with Gasteiger partial charge in [0.15, 0.2) is 5.78 Å². The van der Waals surface area contributed by atoms with Crippen LogP contribution in [0.4, 0.5) is 4.39 Å². The monoisotopic (exact) mass is 392 g/mol. The summed E-state index contributed by atoms with van der Waals surface area (Å²) in [6.07, 6.45) is 0.197. The topological polar surface area (TPSA) is 46.5 Å². The zero-order valence-electron chi connectivity index (χ0n) is 17.1. The minimum Gasteiger partial charge on any atom is -0.511 e. The highest BCUT2D eigenvalue weighted by molar-refractivity contribution is 6.26. The van der Waals surface area contributed by atoms with E-state index in [0.717, 1.165) is 27.8 Å². The van der Waals surface area contributed by atoms with Gasteiger partial charge in [0.1, 0.15) is 11.6 Å². The molecule has 2 saturated heterocycles. The van der Waals surface area contributed by atoms with Crippen molar-refractivity contribution >= 4 is 11.4 Å². The Morgan fingerprint density at radius 3 is 2.34 bits per heavy atom. The number of ketones is 1. The molecule has 2 fully saturated rings. The van der Waals surface area contributed by atoms with Gasteiger partial charge in [0.05, 0.1) is 29.1 Å². The van der Waals surface area contributed by atoms with E-state index in [4.69, 9.17) is 4.74 Å². The normalized spacial score (nSPS) is 32.9. The van der Waals surface area contributed by atoms with Crippen LogP contribution in [0, 0.1) is 37.9 Å². The Bertz CT molecular complexity index is 1040. The summed E-state index contributed by atoms with van der Waals surface area (Å²) in [6.45, 7) is 7.97. The molecule has 5 atom stereocenters. The van der Waals surface area contributed by atoms with Crippen molar-refractivity contribution in [2.75, 3.05) is 0 Å². The van der Waals surface area contributed by atoms with Gasteiger partial charge in [-0.2, -0.15) is 0 Å². The molecule has 2 bridgehead atoms. The van der Waals surface area contributed by atoms with Crippen LogP contribution in [-0.4, -0.2) is 23.1 Å². The van der Waals surface area contributed by atoms with E-state index in [-0.39, 0.29) is 41.4 Å². The number of rotatable bonds is 2. The van der Waals surface area contributed by atoms with Crippen molar-refractivity contribution in [3.8, 4) is 0 Å². The number of allylic oxidation sites excluding steroid dienone is 1. The lowest BCUT2D eigenvalue weighted by atomic mass is 9.63. The molecule has 1 unspecified atom stereocenters. The van der Waals surface area contributed by atoms with Crippen molar-refractivity contribution in [1.82, 2.24) is 0 Å². The van der Waals surface area contributed by atoms with Gasteiger partial charge in [-0.05, 0) is 68.5 Å². The van der Waals surface area contributed by atoms with Crippen LogP contribution in [0.25, 0.3) is 5.57 Å². The number of benzene rings is 2. The Balaban J connectivity index is 1.62. The van der Waals surface area contributed by atoms with E-state index < -0.39 is 5.41 Å². The molecule has 0 radical (unpaired) electrons. The largest absolute Gasteiger partial charge is 0.511 e. The number of aliphatic hydroxyl groups is 1. The first-order chi connectivity index (χ1) is 13.7. The van der Waals surface area contributed by atoms with Crippen molar-refractivity contribution in [1.29, 1.82) is 0 Å². The molecule has 2 aromatic rings. The van der Waals surface area contributed by atoms with Gasteiger partial charge in [-0.15, -0.1) is 0 Å². The first kappa shape index (κ1) is 18.6. The van der Waals surface area contributed by atoms with Crippen LogP contribution >= 0.6 is 0 Å². The van der Waals surface area contributed by atoms with Crippen LogP contribution in [0.15, 0.2) is 42.2 Å². The van der Waals surface area contributed by atoms with E-state index in [0.29, 0.717) is 12.0 Å². The lowest BCUT2D eigenvalue weighted by Crippen LogP contribution is -2.42. The summed E-state index contributed by atoms with van der Waals surface area (Å²) in [4.78, 5) is 13.5. The summed E-state index contributed by atoms with van der Waals surface area (Å²) in [5, 5.41) is 11.4. The lowest BCUT2D eigenvalue weighted by Gasteiger charge is -2.36. The van der Waals surface area contributed by atoms with Crippen LogP contribution in [-0.2, 0) is 9.53 Å². The number of hydrogen-bond acceptors (Lipinski definition) is 3. The first-order valence-corrected chi connectivity index (χ1v) is 10.2. The zero-order valence-corrected chi connectivity index (χ0v) is 17.1. The van der Waals surface area contributed by atoms with Gasteiger partial charge in [-0.25, -0.2) is 4.39 Å². The number of carbonyl (C=O) groups is 1. The van der Waals surface area contributed by atoms with E-state index in [9.17, 15) is 14.3 Å². The summed E-state index contributed by atoms with van der Waals surface area (Å²) < 4.78 is 19.6. The standard InChI is InChI=1S/C25H25FO3/c1-12-9-13(2)19(14(3)10-12)20-22(27)21-18-11-17(15-5-7-16(26)8-6-15)24(29-18)25(21,4)23(20)28/h5-10,17-18,21,24,28H,11H2,1-4H3/t17?,18-,21+,24+,25+/m0/s1. The van der Waals surface area contributed by atoms with Crippen molar-refractivity contribution < 1.29 is 19.0 Å². The minimum atomic E-state index is -0.752. The number of carbonyl (C=O) groups excluding carboxylic acids is 1. The molecule has 4 heteroatoms. The van der Waals surface area contributed by atoms with Crippen LogP contribution in [0.3, 0.4) is 0 Å². The first-order valence-electron chi connectivity index (χ1n) is 10.2. The van der Waals surface area contributed by atoms with E-state index >= 15 is 0 Å². The molecular formula is C25H25FO3. The van der Waals surface area contributed by atoms with Crippen LogP contribution < -0.4 is 0 Å². The van der Waals surface area contributed by atoms with Crippen molar-refractivity contribution in [2.45, 2.75) is 52.2 Å². The van der Waals surface area contributed by atoms with E-state index in [1.807, 2.05) is 27.7 Å². The van der Waals surface area contributed by atoms with Gasteiger partial charge in [0, 0.05) is 5.92 Å². The maximum Gasteiger partial charge on any atom is 0.173 e. The molecule has 150 valence electrons. The fourth-order valence-electron chi connectivity index (χ4n) is 6.15. The second kappa shape index (κ2) is 6.02. The van der Waals surface area contributed by atoms with Gasteiger partial charge in [0.25, 0.3) is 0 Å². The van der Waals surface area contributed by atoms with E-state index in [2.05, 4.69) is 12.1 Å². The predicted molar refractivity (Wildman–Crippen MR) is 109 cm³/mol. The molecule has 3 aliphatic rings. The highest BCUT2D eigenvalue weighted by Crippen LogP contribution is 2.65. The molecule has 2 aliphatic heterocycles. The molecule has 2 aromatic carbocycles. The summed E-state index contributed by atoms with van der Waals surface area (Å²) >= 11 is 0. The van der Waals surface area contributed by atoms with Crippen LogP contribution in [0.1, 0.15) is 47.1 Å². The molecule has 2 heterocycles. The number of ether oxygens (including phenoxy) is 1. The second-order valence-electron chi connectivity index (χ2n) is 9.11. The molecular weight excluding hydrogens is 367 g/mol. The lowest BCUT2D eigenvalue weighted by molar-refractivity contribution is -0.119. The Kier molecular flexibility index (Phi) is 3.85. The maximum absolute atomic E-state index is 13.5. The van der Waals surface area contributed by atoms with Crippen LogP contribution in [0.2, 0.25) is 0 Å². The predicted octanol–water partition coefficient (Wildman–Crippen LogP) is 5.18. The number of aliphatic hydroxyl groups excluding tert-OH is 1. The molecule has 29 heavy (non-hydrogen) atoms. The van der Waals surface area contributed by atoms with Gasteiger partial charge >= 0.3 is 0 Å². The fourth-order valence-corrected chi connectivity index (χ4v) is 6.15. The SMILES string of the molecule is Cc1cc(C)c(C2=C(O)[C@]3(C)[C@@H]4O[C@@H](CC4c4ccc(F)cc4)[C@@H]3C2=O)c(C)c1. The average molecular weight is 392 g/mol. The fraction of sp³-hybridized carbons (Fsp3) is 0.400. The Hall–Kier alpha value is -2.46. The molecule has 5 rings (SSSR count). The third kappa shape index (κ3) is 2.35. The Morgan fingerprint density at radius 1 is 1.10 bits per heavy atom. The summed E-state index contributed by atoms with van der Waals surface area (Å²) in [5.74, 6) is -0.448. The summed E-state index contributed by atoms with van der Waals surface area (Å²) in [7, 11) is 0. The zero-order chi connectivity index (χ0) is 20.7. The van der Waals surface area contributed by atoms with E-state index in [1.54, 1.807) is 12.1 Å². The molecule has 1 N–H and O–H groups in total. The quantitative estimate of drug-likeness (QED) is 0.766. The van der Waals surface area contributed by atoms with Crippen molar-refractivity contribution in [2.24, 2.45) is 11.3 Å². The Labute approximate surface area is 170 Å². The third-order valence-electron chi connectivity index (χ3n) is 7.28. The molecule has 3 nitrogen and oxygen atoms in total. The highest BCUT2D eigenvalue weighted by Gasteiger charge is 2.69. The second-order valence-corrected chi connectivity index (χ2v) is 9.11. The molecule has 0 spiro atoms. The average Bonchev–Trinajstić information content (AvgIpc) is 3.26. The van der Waals surface area contributed by atoms with E-state index in [1.165, 1.54) is 12.1 Å². The number of fused-ring (bicyclic) bond motifs is 5. The third-order valence-corrected chi connectivity index (χ3v) is 7.28. The smallest absolute Gasteiger partial charge is 0.173 e. The number of Topliss-reactive ketones (excluding diaryl/α,β-unsaturated/α-hetero) is 1. The molecule has 0 saturated carbocycles. The number of hydrogen-bond donors (Lipinski definition) is 1. The van der Waals surface area contributed by atoms with Gasteiger partial charge < -0.3 is 9.84 Å². The molecule has 1 aliphatic carbocycles. The van der Waals surface area contributed by atoms with Crippen molar-refractivity contribution in [3.05, 3.63) is 75.8 Å². The Morgan fingerprint density at radius 2 is 1.72 bits per heavy atom. The molecule has 0 amide bonds. The summed E-state index contributed by atoms with van der Waals surface area (Å²) in [6, 6.07) is 10.6. The number of halogens is 1. The summed E-state index contributed by atoms with van der Waals surface area (Å²) in [5.41, 5.74) is 4.71. The van der Waals surface area contributed by atoms with Gasteiger partial charge in [-0.3, -0.25) is 4.79 Å². The van der Waals surface area contributed by atoms with Gasteiger partial charge in [-0.1, -0.05) is 29.8 Å². The maximum atomic E-state index is 13.5. The molecule has 0 aromatic heterocycles. The minimum absolute atomic E-state index is 0.00916.